The van der Waals surface area contributed by atoms with Gasteiger partial charge in [0.15, 0.2) is 62.4 Å². The lowest BCUT2D eigenvalue weighted by atomic mass is 10.00. The number of anilines is 2. The molecule has 20 aromatic rings. The van der Waals surface area contributed by atoms with Crippen LogP contribution in [-0.4, -0.2) is 209 Å². The van der Waals surface area contributed by atoms with Gasteiger partial charge in [-0.3, -0.25) is 24.0 Å². The third-order valence-electron chi connectivity index (χ3n) is 21.7. The molecule has 20 rings (SSSR count). The third kappa shape index (κ3) is 22.3. The number of aromatic amines is 10. The number of nitrogens with two attached hydrogens (primary N) is 2. The Hall–Kier alpha value is -20.4. The van der Waals surface area contributed by atoms with Crippen molar-refractivity contribution in [2.45, 2.75) is 34.6 Å². The van der Waals surface area contributed by atoms with Crippen molar-refractivity contribution in [1.82, 2.24) is 110 Å². The molecule has 0 aliphatic rings. The Bertz CT molecular complexity index is 8660. The number of methoxy groups -OCH3 is 2. The molecule has 0 radical (unpaired) electrons. The largest absolute Gasteiger partial charge is 0.493 e. The summed E-state index contributed by atoms with van der Waals surface area (Å²) in [6, 6.07) is 50.4. The minimum absolute atomic E-state index is 0.0283. The first-order valence-corrected chi connectivity index (χ1v) is 44.5. The number of fused-ring (bicyclic) bond motifs is 5. The van der Waals surface area contributed by atoms with Crippen molar-refractivity contribution in [3.8, 4) is 147 Å². The van der Waals surface area contributed by atoms with E-state index >= 15 is 0 Å². The summed E-state index contributed by atoms with van der Waals surface area (Å²) < 4.78 is 43.6. The van der Waals surface area contributed by atoms with Gasteiger partial charge in [0.2, 0.25) is 0 Å². The van der Waals surface area contributed by atoms with Crippen LogP contribution >= 0.6 is 0 Å². The number of hydrogen-bond acceptors (Lipinski definition) is 32. The van der Waals surface area contributed by atoms with E-state index in [2.05, 4.69) is 114 Å². The number of nitrogen functional groups attached to an aromatic ring is 2. The van der Waals surface area contributed by atoms with Gasteiger partial charge in [0.1, 0.15) is 75.0 Å². The minimum atomic E-state index is -1.08. The van der Waals surface area contributed by atoms with Gasteiger partial charge in [0.25, 0.3) is 27.8 Å². The molecule has 0 spiro atoms. The van der Waals surface area contributed by atoms with E-state index in [1.807, 2.05) is 95.3 Å². The summed E-state index contributed by atoms with van der Waals surface area (Å²) >= 11 is 0. The van der Waals surface area contributed by atoms with Crippen LogP contribution in [0.15, 0.2) is 244 Å². The number of esters is 2. The SMILES string of the molecule is CCOc1cc(-c2cc(N)cc(C(=O)O)c2)ccc1-c1nc2nc[nH]c2c(=O)[nH]1.CCOc1cc(-c2cc(N)cc(C(=O)OC)c2)ccc1-c1nc2nc[nH]c2c(=O)[nH]1.CCOc1cc(-c2ccc(C(=O)O)nc2)ccc1-c1nc2nc[nH]c2c(=O)[nH]1.CCOc1cc(-c2ccc(C(=O)OC)nc2)ccc1-c1nc2nc[nH]c2c(=O)[nH]1.CCOc1cc(-c2cccc(OCC(=O)O)c2)ccc1-c1nc2nc[nH]c2c(=O)[nH]1. The Balaban J connectivity index is 0.000000131. The van der Waals surface area contributed by atoms with E-state index in [0.29, 0.717) is 203 Å². The summed E-state index contributed by atoms with van der Waals surface area (Å²) in [6.45, 7) is 11.0. The number of H-pyrrole nitrogens is 10. The van der Waals surface area contributed by atoms with Gasteiger partial charge in [-0.05, 0) is 200 Å². The second-order valence-corrected chi connectivity index (χ2v) is 31.2. The maximum atomic E-state index is 12.3. The average molecular weight is 1970 g/mol. The fourth-order valence-corrected chi connectivity index (χ4v) is 15.1. The topological polar surface area (TPSA) is 670 Å². The van der Waals surface area contributed by atoms with Crippen molar-refractivity contribution >= 4 is 97.0 Å². The summed E-state index contributed by atoms with van der Waals surface area (Å²) in [5.41, 5.74) is 25.6. The molecule has 0 bridgehead atoms. The predicted molar refractivity (Wildman–Crippen MR) is 537 cm³/mol. The maximum Gasteiger partial charge on any atom is 0.356 e. The number of carboxylic acid groups (broad SMARTS) is 3. The molecular weight excluding hydrogens is 1890 g/mol. The first kappa shape index (κ1) is 98.6. The molecule has 0 saturated heterocycles. The zero-order chi connectivity index (χ0) is 103. The summed E-state index contributed by atoms with van der Waals surface area (Å²) in [4.78, 5) is 196. The van der Waals surface area contributed by atoms with Gasteiger partial charge in [-0.15, -0.1) is 0 Å². The average Bonchev–Trinajstić information content (AvgIpc) is 1.44. The zero-order valence-corrected chi connectivity index (χ0v) is 78.2. The molecule has 45 heteroatoms. The molecule has 0 saturated carbocycles. The lowest BCUT2D eigenvalue weighted by Gasteiger charge is -2.13. The van der Waals surface area contributed by atoms with Crippen molar-refractivity contribution < 1.29 is 77.2 Å². The van der Waals surface area contributed by atoms with E-state index < -0.39 is 36.5 Å². The number of pyridine rings is 2. The highest BCUT2D eigenvalue weighted by Gasteiger charge is 2.24. The van der Waals surface area contributed by atoms with E-state index in [1.54, 1.807) is 109 Å². The zero-order valence-electron chi connectivity index (χ0n) is 78.2. The number of nitrogens with one attached hydrogen (secondary N) is 10. The number of hydrogen-bond donors (Lipinski definition) is 15. The normalized spacial score (nSPS) is 10.9. The molecule has 12 heterocycles. The monoisotopic (exact) mass is 1970 g/mol. The molecule has 146 heavy (non-hydrogen) atoms. The van der Waals surface area contributed by atoms with Gasteiger partial charge in [0, 0.05) is 34.9 Å². The molecule has 0 fully saturated rings. The van der Waals surface area contributed by atoms with Crippen LogP contribution in [-0.2, 0) is 14.3 Å². The first-order chi connectivity index (χ1) is 70.7. The smallest absolute Gasteiger partial charge is 0.356 e. The number of imidazole rings is 5. The number of ether oxygens (including phenoxy) is 8. The van der Waals surface area contributed by atoms with Crippen LogP contribution in [0.4, 0.5) is 11.4 Å². The molecule has 0 unspecified atom stereocenters. The molecule has 0 aliphatic heterocycles. The van der Waals surface area contributed by atoms with Crippen LogP contribution in [0.2, 0.25) is 0 Å². The molecular formula is C101H86N24O21. The Morgan fingerprint density at radius 1 is 0.301 bits per heavy atom. The first-order valence-electron chi connectivity index (χ1n) is 44.5. The fraction of sp³-hybridized carbons (Fsp3) is 0.129. The van der Waals surface area contributed by atoms with E-state index in [4.69, 9.17) is 54.8 Å². The van der Waals surface area contributed by atoms with Crippen molar-refractivity contribution in [3.05, 3.63) is 294 Å². The van der Waals surface area contributed by atoms with Gasteiger partial charge in [0.05, 0.1) is 118 Å². The van der Waals surface area contributed by atoms with Gasteiger partial charge in [-0.25, -0.2) is 83.8 Å². The van der Waals surface area contributed by atoms with Crippen LogP contribution < -0.4 is 67.7 Å². The van der Waals surface area contributed by atoms with Crippen LogP contribution in [0.5, 0.6) is 34.5 Å². The van der Waals surface area contributed by atoms with Gasteiger partial charge < -0.3 is 115 Å². The van der Waals surface area contributed by atoms with Crippen molar-refractivity contribution in [2.75, 3.05) is 65.3 Å². The summed E-state index contributed by atoms with van der Waals surface area (Å²) in [5, 5.41) is 27.0. The van der Waals surface area contributed by atoms with E-state index in [0.717, 1.165) is 50.1 Å². The van der Waals surface area contributed by atoms with Gasteiger partial charge >= 0.3 is 29.8 Å². The molecule has 0 atom stereocenters. The Morgan fingerprint density at radius 3 is 0.890 bits per heavy atom. The molecule has 17 N–H and O–H groups in total. The quantitative estimate of drug-likeness (QED) is 0.0168. The highest BCUT2D eigenvalue weighted by atomic mass is 16.5. The molecule has 0 aliphatic carbocycles. The number of benzene rings is 8. The standard InChI is InChI=1S/C21H19N5O4.C21H18N4O5.2C20H17N5O4.C19H15N5O4/c1-3-30-16-9-11(12-6-13(21(28)29-2)8-14(22)7-12)4-5-15(16)18-25-19-17(20(27)26-18)23-10-24-19;1-2-29-16-9-13(12-4-3-5-14(8-12)30-10-17(26)27)6-7-15(16)19-24-20-18(21(28)25-19)22-11-23-20;1-3-29-15-8-11(12-5-7-14(21-9-12)20(27)28-2)4-6-13(15)17-24-18-16(19(26)25-17)22-10-23-18;1-2-29-15-8-10(11-5-12(20(27)28)7-13(21)6-11)3-4-14(15)17-24-18-16(19(26)25-17)22-9-23-18;1-2-28-14-7-10(11-4-6-13(19(26)27)20-8-11)3-5-12(14)16-23-17-15(18(25)24-16)21-9-22-17/h4-10H,3,22H2,1-2H3,(H2,23,24,25,26,27);3-9,11H,2,10H2,1H3,(H,26,27)(H2,22,23,24,25,28);4-10H,3H2,1-2H3,(H2,22,23,24,25,26);3-9H,2,21H2,1H3,(H,27,28)(H2,22,23,24,25,26);3-9H,2H2,1H3,(H,26,27)(H2,21,22,23,24,25). The second kappa shape index (κ2) is 44.1. The number of rotatable bonds is 27. The number of aromatic nitrogens is 22. The minimum Gasteiger partial charge on any atom is -0.493 e. The van der Waals surface area contributed by atoms with Gasteiger partial charge in [-0.1, -0.05) is 54.6 Å². The third-order valence-corrected chi connectivity index (χ3v) is 21.7. The highest BCUT2D eigenvalue weighted by molar-refractivity contribution is 5.95. The fourth-order valence-electron chi connectivity index (χ4n) is 15.1. The van der Waals surface area contributed by atoms with Crippen molar-refractivity contribution in [1.29, 1.82) is 0 Å². The van der Waals surface area contributed by atoms with E-state index in [-0.39, 0.29) is 44.7 Å². The van der Waals surface area contributed by atoms with Crippen LogP contribution in [0, 0.1) is 0 Å². The molecule has 736 valence electrons. The van der Waals surface area contributed by atoms with Crippen LogP contribution in [0.25, 0.3) is 168 Å². The predicted octanol–water partition coefficient (Wildman–Crippen LogP) is 13.3. The van der Waals surface area contributed by atoms with Crippen LogP contribution in [0.1, 0.15) is 76.3 Å². The van der Waals surface area contributed by atoms with Crippen LogP contribution in [0.3, 0.4) is 0 Å². The Kier molecular flexibility index (Phi) is 29.8. The number of aliphatic carboxylic acids is 1. The number of carbonyl (C=O) groups is 5. The van der Waals surface area contributed by atoms with Crippen molar-refractivity contribution in [2.24, 2.45) is 0 Å². The van der Waals surface area contributed by atoms with E-state index in [9.17, 15) is 53.1 Å². The number of nitrogens with zero attached hydrogens (tertiary/aromatic N) is 12. The lowest BCUT2D eigenvalue weighted by molar-refractivity contribution is -0.139. The second-order valence-electron chi connectivity index (χ2n) is 31.2. The number of carboxylic acids is 3. The summed E-state index contributed by atoms with van der Waals surface area (Å²) in [5.74, 6) is 0.671. The molecule has 8 aromatic carbocycles. The summed E-state index contributed by atoms with van der Waals surface area (Å²) in [7, 11) is 2.63. The number of carbonyl (C=O) groups excluding carboxylic acids is 2. The highest BCUT2D eigenvalue weighted by Crippen LogP contribution is 2.41. The lowest BCUT2D eigenvalue weighted by Crippen LogP contribution is -2.10. The summed E-state index contributed by atoms with van der Waals surface area (Å²) in [6.07, 6.45) is 10.2. The van der Waals surface area contributed by atoms with E-state index in [1.165, 1.54) is 64.2 Å². The molecule has 0 amide bonds. The Labute approximate surface area is 821 Å². The Morgan fingerprint density at radius 2 is 0.596 bits per heavy atom. The molecule has 45 nitrogen and oxygen atoms in total. The van der Waals surface area contributed by atoms with Gasteiger partial charge in [-0.2, -0.15) is 0 Å². The molecule has 12 aromatic heterocycles. The maximum absolute atomic E-state index is 12.3. The van der Waals surface area contributed by atoms with Crippen molar-refractivity contribution in [3.63, 3.8) is 0 Å². The number of aromatic carboxylic acids is 2.